The van der Waals surface area contributed by atoms with Crippen molar-refractivity contribution in [3.8, 4) is 11.8 Å². The molecule has 5 heteroatoms. The quantitative estimate of drug-likeness (QED) is 0.812. The predicted octanol–water partition coefficient (Wildman–Crippen LogP) is 4.23. The first-order valence-electron chi connectivity index (χ1n) is 6.51. The van der Waals surface area contributed by atoms with Crippen LogP contribution in [0.2, 0.25) is 5.02 Å². The lowest BCUT2D eigenvalue weighted by Crippen LogP contribution is -2.07. The molecule has 0 fully saturated rings. The fourth-order valence-corrected chi connectivity index (χ4v) is 1.98. The molecule has 0 aliphatic rings. The van der Waals surface area contributed by atoms with E-state index in [1.165, 1.54) is 12.1 Å². The molecule has 0 atom stereocenters. The van der Waals surface area contributed by atoms with Crippen molar-refractivity contribution in [3.63, 3.8) is 0 Å². The molecule has 0 aromatic heterocycles. The van der Waals surface area contributed by atoms with E-state index in [0.717, 1.165) is 12.2 Å². The SMILES string of the molecule is N#Cc1ccc(OCCCNc2ccc(F)cc2Cl)cc1. The van der Waals surface area contributed by atoms with Crippen LogP contribution in [0.1, 0.15) is 12.0 Å². The number of benzene rings is 2. The van der Waals surface area contributed by atoms with E-state index in [-0.39, 0.29) is 5.82 Å². The molecule has 0 heterocycles. The number of hydrogen-bond donors (Lipinski definition) is 1. The Morgan fingerprint density at radius 1 is 1.19 bits per heavy atom. The van der Waals surface area contributed by atoms with E-state index < -0.39 is 0 Å². The van der Waals surface area contributed by atoms with Crippen LogP contribution in [0.4, 0.5) is 10.1 Å². The zero-order valence-electron chi connectivity index (χ0n) is 11.3. The summed E-state index contributed by atoms with van der Waals surface area (Å²) >= 11 is 5.91. The van der Waals surface area contributed by atoms with Crippen LogP contribution in [0.3, 0.4) is 0 Å². The Hall–Kier alpha value is -2.25. The Bertz CT molecular complexity index is 638. The number of nitriles is 1. The minimum Gasteiger partial charge on any atom is -0.494 e. The summed E-state index contributed by atoms with van der Waals surface area (Å²) in [6, 6.07) is 13.3. The van der Waals surface area contributed by atoms with Crippen LogP contribution in [0.25, 0.3) is 0 Å². The van der Waals surface area contributed by atoms with Crippen molar-refractivity contribution in [2.45, 2.75) is 6.42 Å². The molecule has 108 valence electrons. The highest BCUT2D eigenvalue weighted by Gasteiger charge is 2.01. The summed E-state index contributed by atoms with van der Waals surface area (Å²) in [5, 5.41) is 12.2. The van der Waals surface area contributed by atoms with Gasteiger partial charge in [0.25, 0.3) is 0 Å². The van der Waals surface area contributed by atoms with Crippen molar-refractivity contribution < 1.29 is 9.13 Å². The molecule has 0 saturated carbocycles. The van der Waals surface area contributed by atoms with Gasteiger partial charge in [0.15, 0.2) is 0 Å². The van der Waals surface area contributed by atoms with Gasteiger partial charge in [0.1, 0.15) is 11.6 Å². The minimum atomic E-state index is -0.352. The standard InChI is InChI=1S/C16H14ClFN2O/c17-15-10-13(18)4-7-16(15)20-8-1-9-21-14-5-2-12(11-19)3-6-14/h2-7,10,20H,1,8-9H2. The highest BCUT2D eigenvalue weighted by Crippen LogP contribution is 2.22. The lowest BCUT2D eigenvalue weighted by Gasteiger charge is -2.09. The van der Waals surface area contributed by atoms with Crippen molar-refractivity contribution in [2.24, 2.45) is 0 Å². The van der Waals surface area contributed by atoms with Crippen molar-refractivity contribution in [2.75, 3.05) is 18.5 Å². The Balaban J connectivity index is 1.71. The van der Waals surface area contributed by atoms with Gasteiger partial charge in [0.2, 0.25) is 0 Å². The monoisotopic (exact) mass is 304 g/mol. The molecule has 2 rings (SSSR count). The third-order valence-electron chi connectivity index (χ3n) is 2.82. The van der Waals surface area contributed by atoms with Crippen LogP contribution in [-0.2, 0) is 0 Å². The van der Waals surface area contributed by atoms with E-state index >= 15 is 0 Å². The third-order valence-corrected chi connectivity index (χ3v) is 3.13. The van der Waals surface area contributed by atoms with Gasteiger partial charge < -0.3 is 10.1 Å². The zero-order valence-corrected chi connectivity index (χ0v) is 12.0. The van der Waals surface area contributed by atoms with Gasteiger partial charge in [-0.2, -0.15) is 5.26 Å². The van der Waals surface area contributed by atoms with Gasteiger partial charge in [0, 0.05) is 6.54 Å². The second kappa shape index (κ2) is 7.51. The maximum atomic E-state index is 12.9. The molecule has 2 aromatic carbocycles. The summed E-state index contributed by atoms with van der Waals surface area (Å²) in [6.45, 7) is 1.21. The van der Waals surface area contributed by atoms with E-state index in [1.54, 1.807) is 30.3 Å². The van der Waals surface area contributed by atoms with Crippen molar-refractivity contribution in [3.05, 3.63) is 58.9 Å². The number of anilines is 1. The maximum Gasteiger partial charge on any atom is 0.124 e. The number of rotatable bonds is 6. The van der Waals surface area contributed by atoms with E-state index in [4.69, 9.17) is 21.6 Å². The van der Waals surface area contributed by atoms with Crippen LogP contribution in [0, 0.1) is 17.1 Å². The zero-order chi connectivity index (χ0) is 15.1. The molecule has 0 spiro atoms. The van der Waals surface area contributed by atoms with Gasteiger partial charge in [-0.25, -0.2) is 4.39 Å². The molecule has 0 aliphatic heterocycles. The van der Waals surface area contributed by atoms with Gasteiger partial charge in [0.05, 0.1) is 28.9 Å². The average molecular weight is 305 g/mol. The Labute approximate surface area is 127 Å². The van der Waals surface area contributed by atoms with E-state index in [2.05, 4.69) is 11.4 Å². The molecule has 0 aliphatic carbocycles. The highest BCUT2D eigenvalue weighted by atomic mass is 35.5. The maximum absolute atomic E-state index is 12.9. The number of nitrogens with one attached hydrogen (secondary N) is 1. The van der Waals surface area contributed by atoms with Crippen LogP contribution >= 0.6 is 11.6 Å². The summed E-state index contributed by atoms with van der Waals surface area (Å²) < 4.78 is 18.4. The Morgan fingerprint density at radius 3 is 2.62 bits per heavy atom. The molecule has 1 N–H and O–H groups in total. The topological polar surface area (TPSA) is 45.0 Å². The molecule has 0 amide bonds. The van der Waals surface area contributed by atoms with Gasteiger partial charge in [-0.05, 0) is 48.9 Å². The van der Waals surface area contributed by atoms with Crippen molar-refractivity contribution in [1.82, 2.24) is 0 Å². The molecule has 0 unspecified atom stereocenters. The van der Waals surface area contributed by atoms with Crippen LogP contribution in [-0.4, -0.2) is 13.2 Å². The normalized spacial score (nSPS) is 9.95. The summed E-state index contributed by atoms with van der Waals surface area (Å²) in [6.07, 6.45) is 0.772. The predicted molar refractivity (Wildman–Crippen MR) is 81.2 cm³/mol. The lowest BCUT2D eigenvalue weighted by molar-refractivity contribution is 0.315. The first kappa shape index (κ1) is 15.1. The van der Waals surface area contributed by atoms with Gasteiger partial charge >= 0.3 is 0 Å². The van der Waals surface area contributed by atoms with Crippen LogP contribution in [0.5, 0.6) is 5.75 Å². The number of hydrogen-bond acceptors (Lipinski definition) is 3. The molecular weight excluding hydrogens is 291 g/mol. The van der Waals surface area contributed by atoms with E-state index in [9.17, 15) is 4.39 Å². The fraction of sp³-hybridized carbons (Fsp3) is 0.188. The third kappa shape index (κ3) is 4.66. The van der Waals surface area contributed by atoms with Crippen LogP contribution in [0.15, 0.2) is 42.5 Å². The highest BCUT2D eigenvalue weighted by molar-refractivity contribution is 6.33. The van der Waals surface area contributed by atoms with Crippen molar-refractivity contribution in [1.29, 1.82) is 5.26 Å². The number of nitrogens with zero attached hydrogens (tertiary/aromatic N) is 1. The summed E-state index contributed by atoms with van der Waals surface area (Å²) in [5.74, 6) is 0.378. The van der Waals surface area contributed by atoms with E-state index in [1.807, 2.05) is 0 Å². The van der Waals surface area contributed by atoms with Crippen molar-refractivity contribution >= 4 is 17.3 Å². The van der Waals surface area contributed by atoms with Crippen LogP contribution < -0.4 is 10.1 Å². The largest absolute Gasteiger partial charge is 0.494 e. The molecule has 21 heavy (non-hydrogen) atoms. The first-order chi connectivity index (χ1) is 10.2. The lowest BCUT2D eigenvalue weighted by atomic mass is 10.2. The molecule has 0 saturated heterocycles. The summed E-state index contributed by atoms with van der Waals surface area (Å²) in [4.78, 5) is 0. The second-order valence-corrected chi connectivity index (χ2v) is 4.80. The second-order valence-electron chi connectivity index (χ2n) is 4.39. The average Bonchev–Trinajstić information content (AvgIpc) is 2.49. The fourth-order valence-electron chi connectivity index (χ4n) is 1.74. The Morgan fingerprint density at radius 2 is 1.95 bits per heavy atom. The molecule has 0 radical (unpaired) electrons. The first-order valence-corrected chi connectivity index (χ1v) is 6.89. The smallest absolute Gasteiger partial charge is 0.124 e. The Kier molecular flexibility index (Phi) is 5.42. The minimum absolute atomic E-state index is 0.352. The summed E-state index contributed by atoms with van der Waals surface area (Å²) in [7, 11) is 0. The summed E-state index contributed by atoms with van der Waals surface area (Å²) in [5.41, 5.74) is 1.31. The van der Waals surface area contributed by atoms with Gasteiger partial charge in [-0.1, -0.05) is 11.6 Å². The molecule has 0 bridgehead atoms. The number of ether oxygens (including phenoxy) is 1. The van der Waals surface area contributed by atoms with Gasteiger partial charge in [-0.3, -0.25) is 0 Å². The van der Waals surface area contributed by atoms with Gasteiger partial charge in [-0.15, -0.1) is 0 Å². The van der Waals surface area contributed by atoms with E-state index in [0.29, 0.717) is 29.4 Å². The molecule has 3 nitrogen and oxygen atoms in total. The molecular formula is C16H14ClFN2O. The molecule has 2 aromatic rings. The number of halogens is 2.